The molecule has 2 fully saturated rings. The van der Waals surface area contributed by atoms with E-state index < -0.39 is 36.4 Å². The van der Waals surface area contributed by atoms with E-state index >= 15 is 0 Å². The van der Waals surface area contributed by atoms with Crippen molar-refractivity contribution in [3.8, 4) is 0 Å². The topological polar surface area (TPSA) is 170 Å². The quantitative estimate of drug-likeness (QED) is 0.204. The van der Waals surface area contributed by atoms with Crippen LogP contribution in [-0.4, -0.2) is 67.6 Å². The van der Waals surface area contributed by atoms with Crippen LogP contribution < -0.4 is 16.0 Å². The largest absolute Gasteiger partial charge is 0.478 e. The highest BCUT2D eigenvalue weighted by atomic mass is 35.5. The van der Waals surface area contributed by atoms with E-state index in [1.165, 1.54) is 24.5 Å². The van der Waals surface area contributed by atoms with Gasteiger partial charge in [-0.25, -0.2) is 24.5 Å². The summed E-state index contributed by atoms with van der Waals surface area (Å²) in [5, 5.41) is 17.8. The summed E-state index contributed by atoms with van der Waals surface area (Å²) in [6.45, 7) is 2.25. The first-order valence-corrected chi connectivity index (χ1v) is 14.8. The fourth-order valence-corrected chi connectivity index (χ4v) is 6.06. The van der Waals surface area contributed by atoms with E-state index in [1.54, 1.807) is 6.33 Å². The molecule has 0 bridgehead atoms. The number of imidazole rings is 1. The van der Waals surface area contributed by atoms with Crippen molar-refractivity contribution < 1.29 is 29.0 Å². The van der Waals surface area contributed by atoms with Crippen LogP contribution in [0.25, 0.3) is 17.2 Å². The fourth-order valence-electron chi connectivity index (χ4n) is 5.84. The number of rotatable bonds is 9. The fraction of sp³-hybridized carbons (Fsp3) is 0.290. The predicted molar refractivity (Wildman–Crippen MR) is 166 cm³/mol. The molecule has 2 aromatic carbocycles. The number of carbonyl (C=O) groups is 3. The number of nitrogens with zero attached hydrogens (tertiary/aromatic N) is 4. The molecular weight excluding hydrogens is 602 g/mol. The number of hydrogen-bond acceptors (Lipinski definition) is 8. The number of urea groups is 1. The van der Waals surface area contributed by atoms with Gasteiger partial charge in [0.2, 0.25) is 5.91 Å². The summed E-state index contributed by atoms with van der Waals surface area (Å²) in [7, 11) is 0. The van der Waals surface area contributed by atoms with Gasteiger partial charge in [0, 0.05) is 13.0 Å². The number of carboxylic acid groups (broad SMARTS) is 1. The van der Waals surface area contributed by atoms with Crippen LogP contribution in [0.4, 0.5) is 16.3 Å². The average Bonchev–Trinajstić information content (AvgIpc) is 3.72. The molecule has 1 aliphatic heterocycles. The van der Waals surface area contributed by atoms with E-state index in [1.807, 2.05) is 54.0 Å². The van der Waals surface area contributed by atoms with Crippen LogP contribution in [0.1, 0.15) is 41.7 Å². The number of fused-ring (bicyclic) bond motifs is 2. The second-order valence-corrected chi connectivity index (χ2v) is 11.1. The highest BCUT2D eigenvalue weighted by Crippen LogP contribution is 2.46. The van der Waals surface area contributed by atoms with E-state index in [2.05, 4.69) is 30.9 Å². The molecule has 14 heteroatoms. The lowest BCUT2D eigenvalue weighted by atomic mass is 10.0. The number of halogens is 1. The van der Waals surface area contributed by atoms with Crippen molar-refractivity contribution in [2.75, 3.05) is 17.2 Å². The summed E-state index contributed by atoms with van der Waals surface area (Å²) in [6.07, 6.45) is 5.59. The van der Waals surface area contributed by atoms with Crippen molar-refractivity contribution in [3.63, 3.8) is 0 Å². The highest BCUT2D eigenvalue weighted by Gasteiger charge is 2.52. The Balaban J connectivity index is 1.27. The van der Waals surface area contributed by atoms with Gasteiger partial charge in [-0.15, -0.1) is 0 Å². The SMILES string of the molecule is CCNC(=O)Nc1ncnc2c1ncn2C1CC(CC(=O)Nc2c(Cl)cccc2C(=O)O)C2O[C@H](/C=C/c3ccccc3)OC21. The Hall–Kier alpha value is -4.85. The van der Waals surface area contributed by atoms with Crippen LogP contribution in [0.2, 0.25) is 5.02 Å². The van der Waals surface area contributed by atoms with E-state index in [9.17, 15) is 19.5 Å². The molecule has 0 radical (unpaired) electrons. The van der Waals surface area contributed by atoms with Gasteiger partial charge in [0.1, 0.15) is 12.4 Å². The first-order chi connectivity index (χ1) is 21.8. The van der Waals surface area contributed by atoms with Gasteiger partial charge in [0.15, 0.2) is 23.3 Å². The summed E-state index contributed by atoms with van der Waals surface area (Å²) < 4.78 is 14.6. The van der Waals surface area contributed by atoms with Crippen LogP contribution >= 0.6 is 11.6 Å². The van der Waals surface area contributed by atoms with E-state index in [0.717, 1.165) is 5.56 Å². The Bertz CT molecular complexity index is 1760. The van der Waals surface area contributed by atoms with Crippen molar-refractivity contribution in [1.29, 1.82) is 0 Å². The Morgan fingerprint density at radius 3 is 2.62 bits per heavy atom. The molecule has 2 aromatic heterocycles. The second-order valence-electron chi connectivity index (χ2n) is 10.7. The van der Waals surface area contributed by atoms with Crippen LogP contribution in [0.3, 0.4) is 0 Å². The first kappa shape index (κ1) is 30.2. The number of carbonyl (C=O) groups excluding carboxylic acids is 2. The number of anilines is 2. The lowest BCUT2D eigenvalue weighted by molar-refractivity contribution is -0.118. The predicted octanol–water partition coefficient (Wildman–Crippen LogP) is 4.73. The van der Waals surface area contributed by atoms with E-state index in [-0.39, 0.29) is 40.5 Å². The number of ether oxygens (including phenoxy) is 2. The number of amides is 3. The second kappa shape index (κ2) is 13.0. The van der Waals surface area contributed by atoms with Crippen LogP contribution in [-0.2, 0) is 14.3 Å². The maximum atomic E-state index is 13.3. The molecule has 13 nitrogen and oxygen atoms in total. The standard InChI is InChI=1S/C31H30ClN7O6/c1-2-33-31(43)38-28-25-29(35-15-34-28)39(16-36-25)21-13-18(14-22(40)37-24-19(30(41)42)9-6-10-20(24)32)26-27(21)45-23(44-26)12-11-17-7-4-3-5-8-17/h3-12,15-16,18,21,23,26-27H,2,13-14H2,1H3,(H,37,40)(H,41,42)(H2,33,34,35,38,43)/b12-11+/t18?,21?,23-,26?,27?/m0/s1. The first-order valence-electron chi connectivity index (χ1n) is 14.4. The highest BCUT2D eigenvalue weighted by molar-refractivity contribution is 6.34. The molecule has 2 aliphatic rings. The normalized spacial score (nSPS) is 22.4. The Labute approximate surface area is 262 Å². The number of carboxylic acids is 1. The maximum absolute atomic E-state index is 13.3. The number of hydrogen-bond donors (Lipinski definition) is 4. The van der Waals surface area contributed by atoms with E-state index in [4.69, 9.17) is 21.1 Å². The molecular formula is C31H30ClN7O6. The summed E-state index contributed by atoms with van der Waals surface area (Å²) in [5.74, 6) is -1.66. The van der Waals surface area contributed by atoms with Crippen molar-refractivity contribution in [1.82, 2.24) is 24.8 Å². The zero-order valence-electron chi connectivity index (χ0n) is 24.1. The number of aromatic carboxylic acids is 1. The Morgan fingerprint density at radius 2 is 1.84 bits per heavy atom. The lowest BCUT2D eigenvalue weighted by Gasteiger charge is -2.19. The van der Waals surface area contributed by atoms with Gasteiger partial charge < -0.3 is 29.8 Å². The number of aromatic nitrogens is 4. The molecule has 45 heavy (non-hydrogen) atoms. The summed E-state index contributed by atoms with van der Waals surface area (Å²) in [6, 6.07) is 13.4. The number of benzene rings is 2. The smallest absolute Gasteiger partial charge is 0.337 e. The van der Waals surface area contributed by atoms with Gasteiger partial charge in [-0.05, 0) is 43.0 Å². The van der Waals surface area contributed by atoms with Gasteiger partial charge in [-0.1, -0.05) is 54.1 Å². The third kappa shape index (κ3) is 6.36. The average molecular weight is 632 g/mol. The molecule has 4 unspecified atom stereocenters. The molecule has 1 aliphatic carbocycles. The van der Waals surface area contributed by atoms with Crippen LogP contribution in [0.15, 0.2) is 67.3 Å². The van der Waals surface area contributed by atoms with Crippen molar-refractivity contribution >= 4 is 58.3 Å². The Morgan fingerprint density at radius 1 is 1.04 bits per heavy atom. The molecule has 3 amide bonds. The molecule has 3 heterocycles. The minimum absolute atomic E-state index is 0.0199. The van der Waals surface area contributed by atoms with Gasteiger partial charge in [-0.3, -0.25) is 10.1 Å². The monoisotopic (exact) mass is 631 g/mol. The Kier molecular flexibility index (Phi) is 8.74. The summed E-state index contributed by atoms with van der Waals surface area (Å²) in [4.78, 5) is 50.4. The van der Waals surface area contributed by atoms with Gasteiger partial charge >= 0.3 is 12.0 Å². The summed E-state index contributed by atoms with van der Waals surface area (Å²) >= 11 is 6.25. The van der Waals surface area contributed by atoms with Crippen molar-refractivity contribution in [2.45, 2.75) is 44.3 Å². The molecule has 0 spiro atoms. The molecule has 1 saturated carbocycles. The van der Waals surface area contributed by atoms with Crippen LogP contribution in [0, 0.1) is 5.92 Å². The maximum Gasteiger partial charge on any atom is 0.337 e. The minimum Gasteiger partial charge on any atom is -0.478 e. The van der Waals surface area contributed by atoms with E-state index in [0.29, 0.717) is 24.1 Å². The van der Waals surface area contributed by atoms with Gasteiger partial charge in [-0.2, -0.15) is 0 Å². The molecule has 4 aromatic rings. The molecule has 4 N–H and O–H groups in total. The van der Waals surface area contributed by atoms with Gasteiger partial charge in [0.25, 0.3) is 0 Å². The number of nitrogens with one attached hydrogen (secondary N) is 3. The summed E-state index contributed by atoms with van der Waals surface area (Å²) in [5.41, 5.74) is 1.80. The lowest BCUT2D eigenvalue weighted by Crippen LogP contribution is -2.29. The molecule has 5 atom stereocenters. The zero-order chi connectivity index (χ0) is 31.5. The molecule has 232 valence electrons. The third-order valence-electron chi connectivity index (χ3n) is 7.78. The zero-order valence-corrected chi connectivity index (χ0v) is 24.8. The third-order valence-corrected chi connectivity index (χ3v) is 8.10. The number of para-hydroxylation sites is 1. The minimum atomic E-state index is -1.20. The van der Waals surface area contributed by atoms with Crippen molar-refractivity contribution in [3.05, 3.63) is 83.4 Å². The van der Waals surface area contributed by atoms with Crippen molar-refractivity contribution in [2.24, 2.45) is 5.92 Å². The van der Waals surface area contributed by atoms with Crippen LogP contribution in [0.5, 0.6) is 0 Å². The molecule has 6 rings (SSSR count). The molecule has 1 saturated heterocycles. The van der Waals surface area contributed by atoms with Gasteiger partial charge in [0.05, 0.1) is 34.7 Å².